The average Bonchev–Trinajstić information content (AvgIpc) is 2.25. The third-order valence-corrected chi connectivity index (χ3v) is 2.14. The van der Waals surface area contributed by atoms with Gasteiger partial charge in [-0.1, -0.05) is 11.6 Å². The summed E-state index contributed by atoms with van der Waals surface area (Å²) >= 11 is 5.61. The molecule has 1 atom stereocenters. The molecule has 0 aliphatic carbocycles. The van der Waals surface area contributed by atoms with E-state index in [1.54, 1.807) is 0 Å². The van der Waals surface area contributed by atoms with Crippen molar-refractivity contribution in [2.75, 3.05) is 0 Å². The predicted molar refractivity (Wildman–Crippen MR) is 56.3 cm³/mol. The Bertz CT molecular complexity index is 437. The Morgan fingerprint density at radius 3 is 2.18 bits per heavy atom. The van der Waals surface area contributed by atoms with Gasteiger partial charge < -0.3 is 14.6 Å². The van der Waals surface area contributed by atoms with Crippen molar-refractivity contribution in [3.8, 4) is 0 Å². The van der Waals surface area contributed by atoms with Gasteiger partial charge in [-0.15, -0.1) is 0 Å². The van der Waals surface area contributed by atoms with Crippen molar-refractivity contribution in [2.24, 2.45) is 0 Å². The monoisotopic (exact) mass is 255 g/mol. The summed E-state index contributed by atoms with van der Waals surface area (Å²) in [5.74, 6) is -3.49. The molecule has 0 fully saturated rings. The van der Waals surface area contributed by atoms with Gasteiger partial charge in [-0.3, -0.25) is 4.79 Å². The van der Waals surface area contributed by atoms with Gasteiger partial charge in [-0.25, -0.2) is 4.79 Å². The number of aliphatic carboxylic acids is 1. The molecule has 0 aromatic heterocycles. The van der Waals surface area contributed by atoms with Gasteiger partial charge in [0, 0.05) is 5.02 Å². The lowest BCUT2D eigenvalue weighted by Crippen LogP contribution is -2.43. The van der Waals surface area contributed by atoms with Crippen LogP contribution in [0.2, 0.25) is 5.02 Å². The van der Waals surface area contributed by atoms with E-state index in [0.29, 0.717) is 5.02 Å². The Hall–Kier alpha value is -1.88. The molecule has 5 nitrogen and oxygen atoms in total. The van der Waals surface area contributed by atoms with E-state index >= 15 is 0 Å². The first-order valence-electron chi connectivity index (χ1n) is 4.59. The van der Waals surface area contributed by atoms with Gasteiger partial charge in [-0.05, 0) is 31.2 Å². The van der Waals surface area contributed by atoms with Crippen LogP contribution in [0.3, 0.4) is 0 Å². The number of carbonyl (C=O) groups excluding carboxylic acids is 3. The summed E-state index contributed by atoms with van der Waals surface area (Å²) in [4.78, 5) is 32.9. The normalized spacial score (nSPS) is 11.6. The molecule has 0 radical (unpaired) electrons. The summed E-state index contributed by atoms with van der Waals surface area (Å²) in [6, 6.07) is 5.61. The molecule has 1 rings (SSSR count). The second kappa shape index (κ2) is 5.45. The van der Waals surface area contributed by atoms with E-state index < -0.39 is 23.8 Å². The van der Waals surface area contributed by atoms with Crippen LogP contribution in [0.5, 0.6) is 0 Å². The van der Waals surface area contributed by atoms with Gasteiger partial charge in [0.1, 0.15) is 0 Å². The third kappa shape index (κ3) is 3.57. The van der Waals surface area contributed by atoms with Crippen LogP contribution in [0.1, 0.15) is 17.3 Å². The van der Waals surface area contributed by atoms with Crippen LogP contribution in [0, 0.1) is 0 Å². The first-order valence-corrected chi connectivity index (χ1v) is 4.97. The second-order valence-corrected chi connectivity index (χ2v) is 3.66. The molecular formula is C11H8ClO5-. The number of benzene rings is 1. The van der Waals surface area contributed by atoms with Crippen molar-refractivity contribution in [1.29, 1.82) is 0 Å². The van der Waals surface area contributed by atoms with E-state index in [-0.39, 0.29) is 5.56 Å². The number of ketones is 1. The topological polar surface area (TPSA) is 83.5 Å². The Morgan fingerprint density at radius 2 is 1.76 bits per heavy atom. The molecule has 0 heterocycles. The van der Waals surface area contributed by atoms with Crippen molar-refractivity contribution in [2.45, 2.75) is 13.0 Å². The van der Waals surface area contributed by atoms with Crippen LogP contribution in [-0.4, -0.2) is 23.8 Å². The highest BCUT2D eigenvalue weighted by molar-refractivity contribution is 6.30. The highest BCUT2D eigenvalue weighted by Crippen LogP contribution is 2.11. The Labute approximate surface area is 102 Å². The summed E-state index contributed by atoms with van der Waals surface area (Å²) in [6.07, 6.45) is -1.89. The molecule has 17 heavy (non-hydrogen) atoms. The van der Waals surface area contributed by atoms with Crippen molar-refractivity contribution in [3.05, 3.63) is 34.9 Å². The fraction of sp³-hybridized carbons (Fsp3) is 0.182. The number of ether oxygens (including phenoxy) is 1. The molecule has 0 N–H and O–H groups in total. The number of esters is 1. The number of halogens is 1. The standard InChI is InChI=1S/C11H9ClO5/c1-6(13)9(10(14)15)17-11(16)7-2-4-8(12)5-3-7/h2-5,9H,1H3,(H,14,15)/p-1. The molecule has 1 aromatic carbocycles. The summed E-state index contributed by atoms with van der Waals surface area (Å²) in [5.41, 5.74) is 0.0990. The molecule has 90 valence electrons. The minimum atomic E-state index is -1.89. The lowest BCUT2D eigenvalue weighted by Gasteiger charge is -2.15. The number of carboxylic acid groups (broad SMARTS) is 1. The Kier molecular flexibility index (Phi) is 4.23. The van der Waals surface area contributed by atoms with Crippen LogP contribution in [0.15, 0.2) is 24.3 Å². The fourth-order valence-electron chi connectivity index (χ4n) is 1.06. The highest BCUT2D eigenvalue weighted by atomic mass is 35.5. The van der Waals surface area contributed by atoms with Gasteiger partial charge >= 0.3 is 5.97 Å². The average molecular weight is 256 g/mol. The number of Topliss-reactive ketones (excluding diaryl/α,β-unsaturated/α-hetero) is 1. The zero-order valence-corrected chi connectivity index (χ0v) is 9.56. The molecular weight excluding hydrogens is 248 g/mol. The number of carbonyl (C=O) groups is 3. The first-order chi connectivity index (χ1) is 7.91. The number of hydrogen-bond donors (Lipinski definition) is 0. The predicted octanol–water partition coefficient (Wildman–Crippen LogP) is 0.204. The summed E-state index contributed by atoms with van der Waals surface area (Å²) in [5, 5.41) is 11.0. The van der Waals surface area contributed by atoms with E-state index in [2.05, 4.69) is 4.74 Å². The summed E-state index contributed by atoms with van der Waals surface area (Å²) in [7, 11) is 0. The molecule has 0 aliphatic heterocycles. The van der Waals surface area contributed by atoms with Gasteiger partial charge in [0.25, 0.3) is 0 Å². The van der Waals surface area contributed by atoms with Gasteiger partial charge in [-0.2, -0.15) is 0 Å². The van der Waals surface area contributed by atoms with E-state index in [4.69, 9.17) is 11.6 Å². The van der Waals surface area contributed by atoms with E-state index in [1.807, 2.05) is 0 Å². The van der Waals surface area contributed by atoms with Crippen LogP contribution in [-0.2, 0) is 14.3 Å². The molecule has 0 spiro atoms. The van der Waals surface area contributed by atoms with E-state index in [1.165, 1.54) is 24.3 Å². The first kappa shape index (κ1) is 13.2. The quantitative estimate of drug-likeness (QED) is 0.567. The largest absolute Gasteiger partial charge is 0.546 e. The number of carboxylic acids is 1. The van der Waals surface area contributed by atoms with Crippen LogP contribution in [0.4, 0.5) is 0 Å². The molecule has 0 bridgehead atoms. The molecule has 0 saturated carbocycles. The minimum absolute atomic E-state index is 0.0990. The zero-order valence-electron chi connectivity index (χ0n) is 8.81. The molecule has 6 heteroatoms. The lowest BCUT2D eigenvalue weighted by atomic mass is 10.2. The molecule has 0 saturated heterocycles. The SMILES string of the molecule is CC(=O)C(OC(=O)c1ccc(Cl)cc1)C(=O)[O-]. The van der Waals surface area contributed by atoms with Gasteiger partial charge in [0.15, 0.2) is 11.9 Å². The smallest absolute Gasteiger partial charge is 0.339 e. The maximum Gasteiger partial charge on any atom is 0.339 e. The van der Waals surface area contributed by atoms with Crippen molar-refractivity contribution in [1.82, 2.24) is 0 Å². The third-order valence-electron chi connectivity index (χ3n) is 1.89. The van der Waals surface area contributed by atoms with E-state index in [9.17, 15) is 19.5 Å². The van der Waals surface area contributed by atoms with Crippen LogP contribution < -0.4 is 5.11 Å². The highest BCUT2D eigenvalue weighted by Gasteiger charge is 2.21. The number of hydrogen-bond acceptors (Lipinski definition) is 5. The Morgan fingerprint density at radius 1 is 1.24 bits per heavy atom. The maximum atomic E-state index is 11.5. The molecule has 0 amide bonds. The number of rotatable bonds is 4. The zero-order chi connectivity index (χ0) is 13.0. The fourth-order valence-corrected chi connectivity index (χ4v) is 1.18. The van der Waals surface area contributed by atoms with Crippen molar-refractivity contribution < 1.29 is 24.2 Å². The molecule has 1 unspecified atom stereocenters. The summed E-state index contributed by atoms with van der Waals surface area (Å²) < 4.78 is 4.51. The maximum absolute atomic E-state index is 11.5. The van der Waals surface area contributed by atoms with E-state index in [0.717, 1.165) is 6.92 Å². The Balaban J connectivity index is 2.81. The minimum Gasteiger partial charge on any atom is -0.546 e. The lowest BCUT2D eigenvalue weighted by molar-refractivity contribution is -0.312. The molecule has 0 aliphatic rings. The van der Waals surface area contributed by atoms with Crippen molar-refractivity contribution in [3.63, 3.8) is 0 Å². The summed E-state index contributed by atoms with van der Waals surface area (Å²) in [6.45, 7) is 0.996. The van der Waals surface area contributed by atoms with Crippen LogP contribution >= 0.6 is 11.6 Å². The van der Waals surface area contributed by atoms with Gasteiger partial charge in [0.2, 0.25) is 0 Å². The van der Waals surface area contributed by atoms with Gasteiger partial charge in [0.05, 0.1) is 11.5 Å². The second-order valence-electron chi connectivity index (χ2n) is 3.22. The molecule has 1 aromatic rings. The van der Waals surface area contributed by atoms with Crippen LogP contribution in [0.25, 0.3) is 0 Å². The van der Waals surface area contributed by atoms with Crippen molar-refractivity contribution >= 4 is 29.3 Å².